The number of hydrogen-bond acceptors (Lipinski definition) is 2. The van der Waals surface area contributed by atoms with E-state index < -0.39 is 0 Å². The molecule has 1 rings (SSSR count). The number of rotatable bonds is 5. The van der Waals surface area contributed by atoms with E-state index in [2.05, 4.69) is 37.8 Å². The standard InChI is InChI=1S/C15H21NO/c1-3-6-13(2)17-12-15-8-4-7-14(11-15)9-5-10-16/h4,7-8,11,13H,3,6,10,12,16H2,1-2H3. The molecule has 1 atom stereocenters. The molecular formula is C15H21NO. The molecule has 0 spiro atoms. The Hall–Kier alpha value is -1.30. The first-order chi connectivity index (χ1) is 8.26. The maximum Gasteiger partial charge on any atom is 0.0720 e. The predicted molar refractivity (Wildman–Crippen MR) is 71.5 cm³/mol. The number of nitrogens with two attached hydrogens (primary N) is 1. The lowest BCUT2D eigenvalue weighted by Gasteiger charge is -2.11. The Morgan fingerprint density at radius 2 is 2.24 bits per heavy atom. The number of benzene rings is 1. The maximum atomic E-state index is 5.76. The van der Waals surface area contributed by atoms with E-state index in [1.54, 1.807) is 0 Å². The van der Waals surface area contributed by atoms with Gasteiger partial charge in [-0.2, -0.15) is 0 Å². The fraction of sp³-hybridized carbons (Fsp3) is 0.467. The van der Waals surface area contributed by atoms with Crippen molar-refractivity contribution < 1.29 is 4.74 Å². The van der Waals surface area contributed by atoms with E-state index >= 15 is 0 Å². The molecule has 2 heteroatoms. The Labute approximate surface area is 104 Å². The minimum Gasteiger partial charge on any atom is -0.374 e. The monoisotopic (exact) mass is 231 g/mol. The van der Waals surface area contributed by atoms with Crippen molar-refractivity contribution in [1.82, 2.24) is 0 Å². The van der Waals surface area contributed by atoms with Crippen molar-refractivity contribution in [2.45, 2.75) is 39.4 Å². The van der Waals surface area contributed by atoms with Crippen LogP contribution in [-0.2, 0) is 11.3 Å². The highest BCUT2D eigenvalue weighted by molar-refractivity contribution is 5.37. The lowest BCUT2D eigenvalue weighted by molar-refractivity contribution is 0.0472. The molecule has 0 saturated carbocycles. The van der Waals surface area contributed by atoms with E-state index in [1.807, 2.05) is 12.1 Å². The van der Waals surface area contributed by atoms with Crippen molar-refractivity contribution in [3.05, 3.63) is 35.4 Å². The first-order valence-corrected chi connectivity index (χ1v) is 6.15. The van der Waals surface area contributed by atoms with Gasteiger partial charge in [-0.25, -0.2) is 0 Å². The zero-order valence-electron chi connectivity index (χ0n) is 10.7. The van der Waals surface area contributed by atoms with Crippen LogP contribution in [0.2, 0.25) is 0 Å². The summed E-state index contributed by atoms with van der Waals surface area (Å²) in [6, 6.07) is 8.11. The van der Waals surface area contributed by atoms with E-state index in [0.29, 0.717) is 19.3 Å². The summed E-state index contributed by atoms with van der Waals surface area (Å²) < 4.78 is 5.76. The lowest BCUT2D eigenvalue weighted by atomic mass is 10.1. The molecule has 92 valence electrons. The van der Waals surface area contributed by atoms with Crippen molar-refractivity contribution in [1.29, 1.82) is 0 Å². The summed E-state index contributed by atoms with van der Waals surface area (Å²) in [6.07, 6.45) is 2.58. The zero-order chi connectivity index (χ0) is 12.5. The highest BCUT2D eigenvalue weighted by Gasteiger charge is 2.01. The van der Waals surface area contributed by atoms with Crippen molar-refractivity contribution in [2.75, 3.05) is 6.54 Å². The molecule has 1 aromatic carbocycles. The summed E-state index contributed by atoms with van der Waals surface area (Å²) in [5.74, 6) is 5.88. The first-order valence-electron chi connectivity index (χ1n) is 6.15. The highest BCUT2D eigenvalue weighted by atomic mass is 16.5. The second kappa shape index (κ2) is 7.89. The van der Waals surface area contributed by atoms with Crippen molar-refractivity contribution in [3.63, 3.8) is 0 Å². The predicted octanol–water partition coefficient (Wildman–Crippen LogP) is 2.70. The number of ether oxygens (including phenoxy) is 1. The molecule has 2 N–H and O–H groups in total. The molecule has 0 bridgehead atoms. The molecule has 0 aromatic heterocycles. The van der Waals surface area contributed by atoms with Crippen LogP contribution in [0.15, 0.2) is 24.3 Å². The van der Waals surface area contributed by atoms with Gasteiger partial charge in [0, 0.05) is 5.56 Å². The van der Waals surface area contributed by atoms with Crippen molar-refractivity contribution in [2.24, 2.45) is 5.73 Å². The fourth-order valence-electron chi connectivity index (χ4n) is 1.62. The first kappa shape index (κ1) is 13.8. The van der Waals surface area contributed by atoms with Crippen LogP contribution in [-0.4, -0.2) is 12.6 Å². The molecule has 0 amide bonds. The topological polar surface area (TPSA) is 35.2 Å². The normalized spacial score (nSPS) is 11.7. The third kappa shape index (κ3) is 5.53. The van der Waals surface area contributed by atoms with Gasteiger partial charge in [-0.15, -0.1) is 0 Å². The summed E-state index contributed by atoms with van der Waals surface area (Å²) in [5.41, 5.74) is 7.51. The SMILES string of the molecule is CCCC(C)OCc1cccc(C#CCN)c1. The van der Waals surface area contributed by atoms with Crippen LogP contribution < -0.4 is 5.73 Å². The van der Waals surface area contributed by atoms with Gasteiger partial charge in [-0.05, 0) is 31.0 Å². The molecule has 0 saturated heterocycles. The Kier molecular flexibility index (Phi) is 6.39. The Morgan fingerprint density at radius 3 is 2.94 bits per heavy atom. The second-order valence-electron chi connectivity index (χ2n) is 4.12. The van der Waals surface area contributed by atoms with E-state index in [-0.39, 0.29) is 0 Å². The fourth-order valence-corrected chi connectivity index (χ4v) is 1.62. The van der Waals surface area contributed by atoms with E-state index in [4.69, 9.17) is 10.5 Å². The molecule has 0 radical (unpaired) electrons. The molecule has 0 heterocycles. The van der Waals surface area contributed by atoms with Crippen LogP contribution >= 0.6 is 0 Å². The van der Waals surface area contributed by atoms with E-state index in [0.717, 1.165) is 24.0 Å². The van der Waals surface area contributed by atoms with Crippen molar-refractivity contribution >= 4 is 0 Å². The van der Waals surface area contributed by atoms with Gasteiger partial charge in [0.2, 0.25) is 0 Å². The zero-order valence-corrected chi connectivity index (χ0v) is 10.7. The van der Waals surface area contributed by atoms with E-state index in [9.17, 15) is 0 Å². The summed E-state index contributed by atoms with van der Waals surface area (Å²) in [7, 11) is 0. The summed E-state index contributed by atoms with van der Waals surface area (Å²) >= 11 is 0. The highest BCUT2D eigenvalue weighted by Crippen LogP contribution is 2.09. The summed E-state index contributed by atoms with van der Waals surface area (Å²) in [4.78, 5) is 0. The van der Waals surface area contributed by atoms with Crippen LogP contribution in [0.1, 0.15) is 37.8 Å². The molecular weight excluding hydrogens is 210 g/mol. The van der Waals surface area contributed by atoms with Crippen molar-refractivity contribution in [3.8, 4) is 11.8 Å². The maximum absolute atomic E-state index is 5.76. The summed E-state index contributed by atoms with van der Waals surface area (Å²) in [6.45, 7) is 5.33. The summed E-state index contributed by atoms with van der Waals surface area (Å²) in [5, 5.41) is 0. The van der Waals surface area contributed by atoms with Gasteiger partial charge in [-0.1, -0.05) is 37.3 Å². The van der Waals surface area contributed by atoms with Crippen LogP contribution in [0, 0.1) is 11.8 Å². The average Bonchev–Trinajstić information content (AvgIpc) is 2.35. The smallest absolute Gasteiger partial charge is 0.0720 e. The van der Waals surface area contributed by atoms with Gasteiger partial charge in [0.05, 0.1) is 19.3 Å². The quantitative estimate of drug-likeness (QED) is 0.791. The molecule has 1 aromatic rings. The Bertz CT molecular complexity index is 389. The molecule has 17 heavy (non-hydrogen) atoms. The van der Waals surface area contributed by atoms with Gasteiger partial charge >= 0.3 is 0 Å². The molecule has 0 fully saturated rings. The molecule has 0 aliphatic carbocycles. The van der Waals surface area contributed by atoms with Gasteiger partial charge in [0.15, 0.2) is 0 Å². The van der Waals surface area contributed by atoms with Gasteiger partial charge in [0.25, 0.3) is 0 Å². The van der Waals surface area contributed by atoms with E-state index in [1.165, 1.54) is 0 Å². The van der Waals surface area contributed by atoms with Gasteiger partial charge < -0.3 is 10.5 Å². The van der Waals surface area contributed by atoms with Crippen LogP contribution in [0.4, 0.5) is 0 Å². The van der Waals surface area contributed by atoms with Gasteiger partial charge in [-0.3, -0.25) is 0 Å². The lowest BCUT2D eigenvalue weighted by Crippen LogP contribution is -2.07. The van der Waals surface area contributed by atoms with Crippen LogP contribution in [0.25, 0.3) is 0 Å². The third-order valence-corrected chi connectivity index (χ3v) is 2.49. The Morgan fingerprint density at radius 1 is 1.41 bits per heavy atom. The Balaban J connectivity index is 2.54. The average molecular weight is 231 g/mol. The molecule has 0 aliphatic heterocycles. The molecule has 1 unspecified atom stereocenters. The number of hydrogen-bond donors (Lipinski definition) is 1. The molecule has 0 aliphatic rings. The van der Waals surface area contributed by atoms with Crippen LogP contribution in [0.5, 0.6) is 0 Å². The minimum absolute atomic E-state index is 0.318. The largest absolute Gasteiger partial charge is 0.374 e. The molecule has 2 nitrogen and oxygen atoms in total. The second-order valence-corrected chi connectivity index (χ2v) is 4.12. The van der Waals surface area contributed by atoms with Crippen LogP contribution in [0.3, 0.4) is 0 Å². The third-order valence-electron chi connectivity index (χ3n) is 2.49. The van der Waals surface area contributed by atoms with Gasteiger partial charge in [0.1, 0.15) is 0 Å². The minimum atomic E-state index is 0.318.